The van der Waals surface area contributed by atoms with Gasteiger partial charge in [0.05, 0.1) is 6.08 Å². The average Bonchev–Trinajstić information content (AvgIpc) is 1.82. The SMILES string of the molecule is C[C@@H](O)C1=CC(=O)OC(C)(C)O1. The third kappa shape index (κ3) is 1.98. The number of ether oxygens (including phenoxy) is 2. The van der Waals surface area contributed by atoms with Crippen molar-refractivity contribution in [3.8, 4) is 0 Å². The highest BCUT2D eigenvalue weighted by Gasteiger charge is 2.31. The van der Waals surface area contributed by atoms with E-state index in [0.717, 1.165) is 6.08 Å². The molecule has 68 valence electrons. The molecule has 0 unspecified atom stereocenters. The molecule has 0 fully saturated rings. The Kier molecular flexibility index (Phi) is 2.10. The Morgan fingerprint density at radius 2 is 2.08 bits per heavy atom. The summed E-state index contributed by atoms with van der Waals surface area (Å²) < 4.78 is 9.98. The van der Waals surface area contributed by atoms with Crippen molar-refractivity contribution in [2.24, 2.45) is 0 Å². The van der Waals surface area contributed by atoms with Crippen LogP contribution in [0.1, 0.15) is 20.8 Å². The van der Waals surface area contributed by atoms with Crippen molar-refractivity contribution in [3.05, 3.63) is 11.8 Å². The zero-order valence-electron chi connectivity index (χ0n) is 7.33. The minimum absolute atomic E-state index is 0.247. The second-order valence-corrected chi connectivity index (χ2v) is 3.15. The quantitative estimate of drug-likeness (QED) is 0.587. The summed E-state index contributed by atoms with van der Waals surface area (Å²) in [4.78, 5) is 10.9. The summed E-state index contributed by atoms with van der Waals surface area (Å²) in [6, 6.07) is 0. The zero-order chi connectivity index (χ0) is 9.35. The first-order chi connectivity index (χ1) is 5.41. The van der Waals surface area contributed by atoms with E-state index in [0.29, 0.717) is 0 Å². The van der Waals surface area contributed by atoms with Crippen molar-refractivity contribution in [2.75, 3.05) is 0 Å². The van der Waals surface area contributed by atoms with Crippen LogP contribution < -0.4 is 0 Å². The fourth-order valence-electron chi connectivity index (χ4n) is 0.928. The van der Waals surface area contributed by atoms with Gasteiger partial charge in [-0.05, 0) is 6.92 Å². The van der Waals surface area contributed by atoms with Gasteiger partial charge in [0.1, 0.15) is 11.9 Å². The predicted molar refractivity (Wildman–Crippen MR) is 41.0 cm³/mol. The molecule has 4 nitrogen and oxygen atoms in total. The van der Waals surface area contributed by atoms with Crippen molar-refractivity contribution in [1.29, 1.82) is 0 Å². The van der Waals surface area contributed by atoms with Crippen LogP contribution in [0.3, 0.4) is 0 Å². The molecule has 0 aromatic heterocycles. The molecule has 0 aromatic rings. The van der Waals surface area contributed by atoms with E-state index < -0.39 is 17.9 Å². The molecule has 1 N–H and O–H groups in total. The van der Waals surface area contributed by atoms with Gasteiger partial charge in [-0.2, -0.15) is 0 Å². The Morgan fingerprint density at radius 1 is 1.50 bits per heavy atom. The van der Waals surface area contributed by atoms with Gasteiger partial charge in [0.25, 0.3) is 0 Å². The van der Waals surface area contributed by atoms with Gasteiger partial charge in [-0.3, -0.25) is 0 Å². The van der Waals surface area contributed by atoms with Gasteiger partial charge in [0.2, 0.25) is 5.79 Å². The first-order valence-electron chi connectivity index (χ1n) is 3.72. The third-order valence-electron chi connectivity index (χ3n) is 1.38. The highest BCUT2D eigenvalue weighted by Crippen LogP contribution is 2.23. The molecule has 0 saturated heterocycles. The second-order valence-electron chi connectivity index (χ2n) is 3.15. The maximum atomic E-state index is 10.9. The minimum atomic E-state index is -0.974. The molecule has 12 heavy (non-hydrogen) atoms. The Morgan fingerprint density at radius 3 is 2.50 bits per heavy atom. The number of esters is 1. The Bertz CT molecular complexity index is 227. The van der Waals surface area contributed by atoms with Crippen LogP contribution in [0, 0.1) is 0 Å². The Labute approximate surface area is 70.8 Å². The van der Waals surface area contributed by atoms with Crippen molar-refractivity contribution >= 4 is 5.97 Å². The lowest BCUT2D eigenvalue weighted by molar-refractivity contribution is -0.210. The van der Waals surface area contributed by atoms with Gasteiger partial charge < -0.3 is 14.6 Å². The lowest BCUT2D eigenvalue weighted by atomic mass is 10.2. The molecule has 1 aliphatic heterocycles. The number of aliphatic hydroxyl groups excluding tert-OH is 1. The maximum absolute atomic E-state index is 10.9. The van der Waals surface area contributed by atoms with E-state index in [1.165, 1.54) is 6.92 Å². The van der Waals surface area contributed by atoms with Crippen LogP contribution in [-0.2, 0) is 14.3 Å². The van der Waals surface area contributed by atoms with E-state index in [-0.39, 0.29) is 5.76 Å². The molecule has 4 heteroatoms. The summed E-state index contributed by atoms with van der Waals surface area (Å²) in [6.45, 7) is 4.75. The first-order valence-corrected chi connectivity index (χ1v) is 3.72. The van der Waals surface area contributed by atoms with E-state index in [9.17, 15) is 4.79 Å². The van der Waals surface area contributed by atoms with Gasteiger partial charge >= 0.3 is 5.97 Å². The van der Waals surface area contributed by atoms with E-state index in [1.54, 1.807) is 13.8 Å². The predicted octanol–water partition coefficient (Wildman–Crippen LogP) is 0.561. The van der Waals surface area contributed by atoms with Crippen LogP contribution >= 0.6 is 0 Å². The molecule has 0 aliphatic carbocycles. The van der Waals surface area contributed by atoms with Crippen LogP contribution in [0.25, 0.3) is 0 Å². The summed E-state index contributed by atoms with van der Waals surface area (Å²) in [5.74, 6) is -1.21. The fourth-order valence-corrected chi connectivity index (χ4v) is 0.928. The van der Waals surface area contributed by atoms with Crippen molar-refractivity contribution in [2.45, 2.75) is 32.7 Å². The molecule has 1 atom stereocenters. The fraction of sp³-hybridized carbons (Fsp3) is 0.625. The van der Waals surface area contributed by atoms with Gasteiger partial charge in [-0.25, -0.2) is 4.79 Å². The van der Waals surface area contributed by atoms with Gasteiger partial charge in [-0.1, -0.05) is 0 Å². The molecule has 0 saturated carbocycles. The molecule has 0 spiro atoms. The minimum Gasteiger partial charge on any atom is -0.454 e. The van der Waals surface area contributed by atoms with Gasteiger partial charge in [0.15, 0.2) is 0 Å². The summed E-state index contributed by atoms with van der Waals surface area (Å²) in [5.41, 5.74) is 0. The van der Waals surface area contributed by atoms with E-state index in [1.807, 2.05) is 0 Å². The average molecular weight is 172 g/mol. The summed E-state index contributed by atoms with van der Waals surface area (Å²) in [7, 11) is 0. The van der Waals surface area contributed by atoms with Crippen molar-refractivity contribution in [3.63, 3.8) is 0 Å². The van der Waals surface area contributed by atoms with E-state index in [2.05, 4.69) is 0 Å². The lowest BCUT2D eigenvalue weighted by Gasteiger charge is -2.31. The van der Waals surface area contributed by atoms with Crippen LogP contribution in [0.2, 0.25) is 0 Å². The monoisotopic (exact) mass is 172 g/mol. The molecular formula is C8H12O4. The normalized spacial score (nSPS) is 23.7. The maximum Gasteiger partial charge on any atom is 0.337 e. The molecule has 0 radical (unpaired) electrons. The standard InChI is InChI=1S/C8H12O4/c1-5(9)6-4-7(10)12-8(2,3)11-6/h4-5,9H,1-3H3/t5-/m1/s1. The topological polar surface area (TPSA) is 55.8 Å². The van der Waals surface area contributed by atoms with Crippen LogP contribution in [0.15, 0.2) is 11.8 Å². The van der Waals surface area contributed by atoms with Crippen molar-refractivity contribution < 1.29 is 19.4 Å². The number of aliphatic hydroxyl groups is 1. The zero-order valence-corrected chi connectivity index (χ0v) is 7.33. The number of carbonyl (C=O) groups is 1. The molecule has 0 amide bonds. The molecule has 1 heterocycles. The van der Waals surface area contributed by atoms with Gasteiger partial charge in [-0.15, -0.1) is 0 Å². The first kappa shape index (κ1) is 9.06. The van der Waals surface area contributed by atoms with E-state index >= 15 is 0 Å². The number of rotatable bonds is 1. The second kappa shape index (κ2) is 2.79. The number of carbonyl (C=O) groups excluding carboxylic acids is 1. The molecule has 1 rings (SSSR count). The highest BCUT2D eigenvalue weighted by atomic mass is 16.7. The Balaban J connectivity index is 2.84. The Hall–Kier alpha value is -1.03. The smallest absolute Gasteiger partial charge is 0.337 e. The van der Waals surface area contributed by atoms with Crippen LogP contribution in [-0.4, -0.2) is 23.0 Å². The van der Waals surface area contributed by atoms with Crippen LogP contribution in [0.5, 0.6) is 0 Å². The largest absolute Gasteiger partial charge is 0.454 e. The van der Waals surface area contributed by atoms with Crippen LogP contribution in [0.4, 0.5) is 0 Å². The summed E-state index contributed by atoms with van der Waals surface area (Å²) >= 11 is 0. The number of hydrogen-bond acceptors (Lipinski definition) is 4. The highest BCUT2D eigenvalue weighted by molar-refractivity contribution is 5.83. The number of hydrogen-bond donors (Lipinski definition) is 1. The lowest BCUT2D eigenvalue weighted by Crippen LogP contribution is -2.36. The third-order valence-corrected chi connectivity index (χ3v) is 1.38. The molecule has 0 aromatic carbocycles. The molecular weight excluding hydrogens is 160 g/mol. The summed E-state index contributed by atoms with van der Waals surface area (Å²) in [6.07, 6.45) is 0.368. The number of cyclic esters (lactones) is 1. The summed E-state index contributed by atoms with van der Waals surface area (Å²) in [5, 5.41) is 9.13. The van der Waals surface area contributed by atoms with Crippen molar-refractivity contribution in [1.82, 2.24) is 0 Å². The van der Waals surface area contributed by atoms with E-state index in [4.69, 9.17) is 14.6 Å². The molecule has 1 aliphatic rings. The molecule has 0 bridgehead atoms. The van der Waals surface area contributed by atoms with Gasteiger partial charge in [0, 0.05) is 13.8 Å².